The first-order valence-corrected chi connectivity index (χ1v) is 10.5. The lowest BCUT2D eigenvalue weighted by molar-refractivity contribution is -0.686. The summed E-state index contributed by atoms with van der Waals surface area (Å²) in [5.41, 5.74) is 1.29. The van der Waals surface area contributed by atoms with E-state index in [-0.39, 0.29) is 23.7 Å². The van der Waals surface area contributed by atoms with Crippen molar-refractivity contribution in [2.24, 2.45) is 14.1 Å². The van der Waals surface area contributed by atoms with Gasteiger partial charge in [-0.25, -0.2) is 9.78 Å². The number of aromatic nitrogens is 4. The largest absolute Gasteiger partial charge is 1.00 e. The van der Waals surface area contributed by atoms with Gasteiger partial charge in [-0.2, -0.15) is 0 Å². The molecule has 2 aromatic heterocycles. The molecule has 0 bridgehead atoms. The highest BCUT2D eigenvalue weighted by Gasteiger charge is 2.16. The molecule has 0 aliphatic heterocycles. The Kier molecular flexibility index (Phi) is 8.95. The van der Waals surface area contributed by atoms with E-state index in [9.17, 15) is 9.59 Å². The average molecular weight is 482 g/mol. The molecule has 11 heteroatoms. The normalized spacial score (nSPS) is 11.8. The molecule has 182 valence electrons. The van der Waals surface area contributed by atoms with Gasteiger partial charge in [-0.05, 0) is 24.6 Å². The molecule has 0 radical (unpaired) electrons. The summed E-state index contributed by atoms with van der Waals surface area (Å²) in [6.07, 6.45) is 3.33. The highest BCUT2D eigenvalue weighted by molar-refractivity contribution is 5.69. The lowest BCUT2D eigenvalue weighted by Crippen LogP contribution is -3.00. The molecule has 3 rings (SSSR count). The number of fused-ring (bicyclic) bond motifs is 1. The molecule has 2 heterocycles. The van der Waals surface area contributed by atoms with E-state index in [0.29, 0.717) is 41.0 Å². The standard InChI is InChI=1S/C22H31N5O5.ClH/c1-14(10-15-11-16(30-4)19(32-6)17(12-15)31-5)23-8-7-9-27-13-24-20-18(27)21(28)26(3)22(29)25(20)2;/h11-14,23H,7-10H2,1-6H3;1H. The van der Waals surface area contributed by atoms with Crippen LogP contribution in [-0.2, 0) is 27.1 Å². The van der Waals surface area contributed by atoms with E-state index >= 15 is 0 Å². The molecular weight excluding hydrogens is 450 g/mol. The second-order valence-electron chi connectivity index (χ2n) is 7.91. The number of methoxy groups -OCH3 is 3. The van der Waals surface area contributed by atoms with Crippen LogP contribution in [0, 0.1) is 0 Å². The van der Waals surface area contributed by atoms with Crippen LogP contribution in [0.2, 0.25) is 0 Å². The van der Waals surface area contributed by atoms with Gasteiger partial charge < -0.3 is 36.5 Å². The molecule has 2 N–H and O–H groups in total. The average Bonchev–Trinajstić information content (AvgIpc) is 3.22. The van der Waals surface area contributed by atoms with E-state index in [1.165, 1.54) is 11.6 Å². The highest BCUT2D eigenvalue weighted by atomic mass is 35.5. The van der Waals surface area contributed by atoms with Gasteiger partial charge in [-0.15, -0.1) is 0 Å². The molecule has 0 saturated heterocycles. The van der Waals surface area contributed by atoms with Gasteiger partial charge in [-0.3, -0.25) is 13.9 Å². The molecule has 0 aliphatic carbocycles. The highest BCUT2D eigenvalue weighted by Crippen LogP contribution is 2.38. The second kappa shape index (κ2) is 11.2. The Labute approximate surface area is 198 Å². The van der Waals surface area contributed by atoms with Crippen molar-refractivity contribution in [1.29, 1.82) is 0 Å². The zero-order valence-electron chi connectivity index (χ0n) is 19.9. The number of benzene rings is 1. The summed E-state index contributed by atoms with van der Waals surface area (Å²) < 4.78 is 20.6. The topological polar surface area (TPSA) is 106 Å². The molecule has 10 nitrogen and oxygen atoms in total. The molecule has 0 fully saturated rings. The van der Waals surface area contributed by atoms with Gasteiger partial charge in [-0.1, -0.05) is 0 Å². The molecule has 0 aliphatic rings. The first-order chi connectivity index (χ1) is 15.3. The van der Waals surface area contributed by atoms with Gasteiger partial charge in [0.15, 0.2) is 22.7 Å². The van der Waals surface area contributed by atoms with Gasteiger partial charge in [0, 0.05) is 33.5 Å². The molecule has 1 atom stereocenters. The Hall–Kier alpha value is -2.98. The number of quaternary nitrogens is 1. The van der Waals surface area contributed by atoms with Crippen LogP contribution in [0.4, 0.5) is 0 Å². The number of hydrogen-bond donors (Lipinski definition) is 1. The Bertz CT molecular complexity index is 1190. The Morgan fingerprint density at radius 1 is 1.03 bits per heavy atom. The summed E-state index contributed by atoms with van der Waals surface area (Å²) in [4.78, 5) is 28.9. The van der Waals surface area contributed by atoms with E-state index in [2.05, 4.69) is 17.2 Å². The van der Waals surface area contributed by atoms with Crippen molar-refractivity contribution in [1.82, 2.24) is 18.7 Å². The third-order valence-electron chi connectivity index (χ3n) is 5.67. The number of ether oxygens (including phenoxy) is 3. The number of hydrogen-bond acceptors (Lipinski definition) is 6. The Balaban J connectivity index is 0.00000385. The van der Waals surface area contributed by atoms with Crippen LogP contribution in [0.25, 0.3) is 11.2 Å². The minimum atomic E-state index is -0.373. The van der Waals surface area contributed by atoms with Crippen LogP contribution in [0.15, 0.2) is 28.0 Å². The van der Waals surface area contributed by atoms with Gasteiger partial charge in [0.2, 0.25) is 5.75 Å². The minimum Gasteiger partial charge on any atom is -1.00 e. The minimum absolute atomic E-state index is 0. The van der Waals surface area contributed by atoms with Crippen molar-refractivity contribution >= 4 is 11.2 Å². The molecular formula is C22H32ClN5O5. The number of nitrogens with zero attached hydrogens (tertiary/aromatic N) is 4. The fourth-order valence-corrected chi connectivity index (χ4v) is 3.94. The van der Waals surface area contributed by atoms with E-state index in [0.717, 1.165) is 29.5 Å². The maximum atomic E-state index is 12.5. The number of halogens is 1. The van der Waals surface area contributed by atoms with Crippen molar-refractivity contribution in [3.05, 3.63) is 44.9 Å². The summed E-state index contributed by atoms with van der Waals surface area (Å²) in [6.45, 7) is 3.70. The Morgan fingerprint density at radius 2 is 1.67 bits per heavy atom. The molecule has 3 aromatic rings. The van der Waals surface area contributed by atoms with Gasteiger partial charge in [0.1, 0.15) is 0 Å². The van der Waals surface area contributed by atoms with Crippen LogP contribution in [0.5, 0.6) is 17.2 Å². The third kappa shape index (κ3) is 5.33. The summed E-state index contributed by atoms with van der Waals surface area (Å²) >= 11 is 0. The van der Waals surface area contributed by atoms with Gasteiger partial charge in [0.25, 0.3) is 5.56 Å². The summed E-state index contributed by atoms with van der Waals surface area (Å²) in [5, 5.41) is 2.27. The number of rotatable bonds is 10. The summed E-state index contributed by atoms with van der Waals surface area (Å²) in [7, 11) is 7.93. The number of aryl methyl sites for hydroxylation is 2. The first-order valence-electron chi connectivity index (χ1n) is 10.5. The predicted molar refractivity (Wildman–Crippen MR) is 121 cm³/mol. The van der Waals surface area contributed by atoms with Crippen LogP contribution in [0.3, 0.4) is 0 Å². The zero-order chi connectivity index (χ0) is 23.4. The van der Waals surface area contributed by atoms with E-state index in [4.69, 9.17) is 14.2 Å². The monoisotopic (exact) mass is 481 g/mol. The lowest BCUT2D eigenvalue weighted by atomic mass is 10.1. The maximum absolute atomic E-state index is 12.5. The predicted octanol–water partition coefficient (Wildman–Crippen LogP) is -2.95. The molecule has 0 saturated carbocycles. The molecule has 0 spiro atoms. The molecule has 1 unspecified atom stereocenters. The third-order valence-corrected chi connectivity index (χ3v) is 5.67. The van der Waals surface area contributed by atoms with Crippen LogP contribution in [0.1, 0.15) is 18.9 Å². The lowest BCUT2D eigenvalue weighted by Gasteiger charge is -2.16. The van der Waals surface area contributed by atoms with Gasteiger partial charge in [0.05, 0.1) is 40.2 Å². The van der Waals surface area contributed by atoms with E-state index in [1.807, 2.05) is 16.7 Å². The Morgan fingerprint density at radius 3 is 2.24 bits per heavy atom. The maximum Gasteiger partial charge on any atom is 0.332 e. The van der Waals surface area contributed by atoms with Gasteiger partial charge >= 0.3 is 5.69 Å². The van der Waals surface area contributed by atoms with Crippen molar-refractivity contribution in [3.63, 3.8) is 0 Å². The fourth-order valence-electron chi connectivity index (χ4n) is 3.94. The molecule has 0 amide bonds. The quantitative estimate of drug-likeness (QED) is 0.310. The fraction of sp³-hybridized carbons (Fsp3) is 0.500. The zero-order valence-corrected chi connectivity index (χ0v) is 20.7. The second-order valence-corrected chi connectivity index (χ2v) is 7.91. The van der Waals surface area contributed by atoms with Crippen LogP contribution >= 0.6 is 0 Å². The molecule has 33 heavy (non-hydrogen) atoms. The SMILES string of the molecule is COc1cc(CC(C)[NH2+]CCCn2cnc3c2c(=O)n(C)c(=O)n3C)cc(OC)c1OC.[Cl-]. The summed E-state index contributed by atoms with van der Waals surface area (Å²) in [6, 6.07) is 4.29. The first kappa shape index (κ1) is 26.3. The van der Waals surface area contributed by atoms with Crippen LogP contribution < -0.4 is 43.2 Å². The van der Waals surface area contributed by atoms with E-state index < -0.39 is 0 Å². The van der Waals surface area contributed by atoms with E-state index in [1.54, 1.807) is 34.7 Å². The van der Waals surface area contributed by atoms with Crippen molar-refractivity contribution in [3.8, 4) is 17.2 Å². The van der Waals surface area contributed by atoms with Crippen molar-refractivity contribution in [2.45, 2.75) is 32.4 Å². The molecule has 1 aromatic carbocycles. The number of nitrogens with two attached hydrogens (primary N) is 1. The van der Waals surface area contributed by atoms with Crippen molar-refractivity contribution < 1.29 is 31.9 Å². The smallest absolute Gasteiger partial charge is 0.332 e. The summed E-state index contributed by atoms with van der Waals surface area (Å²) in [5.74, 6) is 1.89. The van der Waals surface area contributed by atoms with Crippen LogP contribution in [-0.4, -0.2) is 52.6 Å². The number of imidazole rings is 1. The van der Waals surface area contributed by atoms with Crippen molar-refractivity contribution in [2.75, 3.05) is 27.9 Å².